The summed E-state index contributed by atoms with van der Waals surface area (Å²) in [5, 5.41) is 10.0. The van der Waals surface area contributed by atoms with E-state index in [-0.39, 0.29) is 0 Å². The lowest BCUT2D eigenvalue weighted by Crippen LogP contribution is -2.01. The van der Waals surface area contributed by atoms with E-state index in [2.05, 4.69) is 22.1 Å². The first-order chi connectivity index (χ1) is 8.86. The van der Waals surface area contributed by atoms with Crippen molar-refractivity contribution < 1.29 is 0 Å². The van der Waals surface area contributed by atoms with Crippen LogP contribution in [-0.2, 0) is 6.54 Å². The Balaban J connectivity index is 1.98. The molecule has 0 atom stereocenters. The van der Waals surface area contributed by atoms with E-state index in [0.29, 0.717) is 12.4 Å². The first-order valence-corrected chi connectivity index (χ1v) is 5.62. The summed E-state index contributed by atoms with van der Waals surface area (Å²) < 4.78 is 1.83. The van der Waals surface area contributed by atoms with Gasteiger partial charge in [-0.2, -0.15) is 5.26 Å². The molecular formula is C14H10N4. The lowest BCUT2D eigenvalue weighted by atomic mass is 10.1. The normalized spacial score (nSPS) is 10.4. The average Bonchev–Trinajstić information content (AvgIpc) is 2.86. The maximum atomic E-state index is 8.91. The maximum absolute atomic E-state index is 8.91. The van der Waals surface area contributed by atoms with Crippen molar-refractivity contribution in [2.45, 2.75) is 6.54 Å². The highest BCUT2D eigenvalue weighted by molar-refractivity contribution is 5.78. The van der Waals surface area contributed by atoms with Crippen molar-refractivity contribution in [2.75, 3.05) is 0 Å². The molecule has 2 heterocycles. The lowest BCUT2D eigenvalue weighted by Gasteiger charge is -2.05. The molecule has 0 amide bonds. The molecule has 86 valence electrons. The molecule has 0 fully saturated rings. The van der Waals surface area contributed by atoms with Gasteiger partial charge in [-0.1, -0.05) is 12.1 Å². The first kappa shape index (κ1) is 10.5. The predicted molar refractivity (Wildman–Crippen MR) is 67.8 cm³/mol. The predicted octanol–water partition coefficient (Wildman–Crippen LogP) is 2.35. The van der Waals surface area contributed by atoms with Crippen molar-refractivity contribution in [3.8, 4) is 6.07 Å². The van der Waals surface area contributed by atoms with Gasteiger partial charge in [-0.05, 0) is 23.8 Å². The molecule has 0 unspecified atom stereocenters. The van der Waals surface area contributed by atoms with Crippen LogP contribution in [0, 0.1) is 11.3 Å². The Hall–Kier alpha value is -2.67. The topological polar surface area (TPSA) is 54.5 Å². The molecule has 0 saturated carbocycles. The third kappa shape index (κ3) is 1.82. The van der Waals surface area contributed by atoms with Gasteiger partial charge in [0.05, 0.1) is 5.52 Å². The van der Waals surface area contributed by atoms with Crippen LogP contribution in [0.5, 0.6) is 0 Å². The number of nitrogens with zero attached hydrogens (tertiary/aromatic N) is 4. The van der Waals surface area contributed by atoms with E-state index in [0.717, 1.165) is 16.5 Å². The molecule has 0 aliphatic heterocycles. The van der Waals surface area contributed by atoms with Gasteiger partial charge in [0.2, 0.25) is 5.82 Å². The molecule has 0 N–H and O–H groups in total. The Morgan fingerprint density at radius 1 is 1.17 bits per heavy atom. The van der Waals surface area contributed by atoms with Crippen LogP contribution >= 0.6 is 0 Å². The van der Waals surface area contributed by atoms with Crippen LogP contribution in [-0.4, -0.2) is 14.5 Å². The minimum Gasteiger partial charge on any atom is -0.318 e. The molecule has 0 aliphatic rings. The summed E-state index contributed by atoms with van der Waals surface area (Å²) >= 11 is 0. The highest BCUT2D eigenvalue weighted by atomic mass is 15.1. The zero-order chi connectivity index (χ0) is 12.4. The largest absolute Gasteiger partial charge is 0.318 e. The van der Waals surface area contributed by atoms with Gasteiger partial charge in [0.1, 0.15) is 6.07 Å². The van der Waals surface area contributed by atoms with Crippen molar-refractivity contribution in [3.05, 3.63) is 60.3 Å². The molecular weight excluding hydrogens is 224 g/mol. The number of nitriles is 1. The fourth-order valence-electron chi connectivity index (χ4n) is 1.97. The molecule has 0 aliphatic carbocycles. The summed E-state index contributed by atoms with van der Waals surface area (Å²) in [7, 11) is 0. The zero-order valence-electron chi connectivity index (χ0n) is 9.61. The van der Waals surface area contributed by atoms with Gasteiger partial charge in [0.15, 0.2) is 0 Å². The molecule has 0 radical (unpaired) electrons. The van der Waals surface area contributed by atoms with Crippen LogP contribution in [0.15, 0.2) is 48.9 Å². The van der Waals surface area contributed by atoms with Crippen molar-refractivity contribution in [2.24, 2.45) is 0 Å². The Bertz CT molecular complexity index is 737. The van der Waals surface area contributed by atoms with Crippen molar-refractivity contribution in [1.82, 2.24) is 14.5 Å². The highest BCUT2D eigenvalue weighted by Gasteiger charge is 2.03. The second kappa shape index (κ2) is 4.30. The lowest BCUT2D eigenvalue weighted by molar-refractivity contribution is 0.783. The molecule has 1 aromatic carbocycles. The molecule has 3 rings (SSSR count). The van der Waals surface area contributed by atoms with E-state index in [1.807, 2.05) is 35.0 Å². The van der Waals surface area contributed by atoms with Crippen molar-refractivity contribution in [3.63, 3.8) is 0 Å². The zero-order valence-corrected chi connectivity index (χ0v) is 9.61. The Kier molecular flexibility index (Phi) is 2.50. The van der Waals surface area contributed by atoms with Crippen LogP contribution < -0.4 is 0 Å². The molecule has 0 bridgehead atoms. The van der Waals surface area contributed by atoms with E-state index in [9.17, 15) is 0 Å². The summed E-state index contributed by atoms with van der Waals surface area (Å²) in [5.41, 5.74) is 2.11. The molecule has 18 heavy (non-hydrogen) atoms. The van der Waals surface area contributed by atoms with Crippen LogP contribution in [0.1, 0.15) is 11.4 Å². The minimum atomic E-state index is 0.432. The number of fused-ring (bicyclic) bond motifs is 1. The third-order valence-electron chi connectivity index (χ3n) is 2.84. The summed E-state index contributed by atoms with van der Waals surface area (Å²) in [6, 6.07) is 12.1. The third-order valence-corrected chi connectivity index (χ3v) is 2.84. The number of aromatic nitrogens is 3. The Morgan fingerprint density at radius 2 is 2.11 bits per heavy atom. The summed E-state index contributed by atoms with van der Waals surface area (Å²) in [6.07, 6.45) is 5.23. The number of imidazole rings is 1. The Morgan fingerprint density at radius 3 is 3.00 bits per heavy atom. The monoisotopic (exact) mass is 234 g/mol. The summed E-state index contributed by atoms with van der Waals surface area (Å²) in [5.74, 6) is 0.432. The highest BCUT2D eigenvalue weighted by Crippen LogP contribution is 2.14. The van der Waals surface area contributed by atoms with E-state index in [1.54, 1.807) is 12.4 Å². The van der Waals surface area contributed by atoms with Gasteiger partial charge in [-0.15, -0.1) is 0 Å². The van der Waals surface area contributed by atoms with Gasteiger partial charge < -0.3 is 4.57 Å². The fraction of sp³-hybridized carbons (Fsp3) is 0.0714. The number of hydrogen-bond donors (Lipinski definition) is 0. The van der Waals surface area contributed by atoms with Crippen LogP contribution in [0.25, 0.3) is 10.9 Å². The van der Waals surface area contributed by atoms with E-state index >= 15 is 0 Å². The van der Waals surface area contributed by atoms with Gasteiger partial charge in [-0.3, -0.25) is 4.98 Å². The smallest absolute Gasteiger partial charge is 0.213 e. The van der Waals surface area contributed by atoms with Crippen molar-refractivity contribution >= 4 is 10.9 Å². The van der Waals surface area contributed by atoms with E-state index in [4.69, 9.17) is 5.26 Å². The first-order valence-electron chi connectivity index (χ1n) is 5.62. The molecule has 4 nitrogen and oxygen atoms in total. The molecule has 4 heteroatoms. The number of pyridine rings is 1. The molecule has 0 spiro atoms. The second-order valence-corrected chi connectivity index (χ2v) is 4.02. The fourth-order valence-corrected chi connectivity index (χ4v) is 1.97. The SMILES string of the molecule is N#Cc1nccn1Cc1ccc2ncccc2c1. The maximum Gasteiger partial charge on any atom is 0.213 e. The minimum absolute atomic E-state index is 0.432. The van der Waals surface area contributed by atoms with Gasteiger partial charge >= 0.3 is 0 Å². The number of rotatable bonds is 2. The molecule has 3 aromatic rings. The number of benzene rings is 1. The molecule has 0 saturated heterocycles. The average molecular weight is 234 g/mol. The van der Waals surface area contributed by atoms with Crippen LogP contribution in [0.3, 0.4) is 0 Å². The van der Waals surface area contributed by atoms with Gasteiger partial charge in [0.25, 0.3) is 0 Å². The standard InChI is InChI=1S/C14H10N4/c15-9-14-17-6-7-18(14)10-11-3-4-13-12(8-11)2-1-5-16-13/h1-8H,10H2. The summed E-state index contributed by atoms with van der Waals surface area (Å²) in [4.78, 5) is 8.26. The van der Waals surface area contributed by atoms with E-state index in [1.165, 1.54) is 0 Å². The Labute approximate surface area is 104 Å². The van der Waals surface area contributed by atoms with Crippen LogP contribution in [0.4, 0.5) is 0 Å². The van der Waals surface area contributed by atoms with Crippen LogP contribution in [0.2, 0.25) is 0 Å². The quantitative estimate of drug-likeness (QED) is 0.684. The second-order valence-electron chi connectivity index (χ2n) is 4.02. The van der Waals surface area contributed by atoms with E-state index < -0.39 is 0 Å². The van der Waals surface area contributed by atoms with Gasteiger partial charge in [-0.25, -0.2) is 4.98 Å². The van der Waals surface area contributed by atoms with Crippen molar-refractivity contribution in [1.29, 1.82) is 5.26 Å². The van der Waals surface area contributed by atoms with Gasteiger partial charge in [0, 0.05) is 30.5 Å². The molecule has 2 aromatic heterocycles. The number of hydrogen-bond acceptors (Lipinski definition) is 3. The summed E-state index contributed by atoms with van der Waals surface area (Å²) in [6.45, 7) is 0.647.